The molecule has 0 spiro atoms. The van der Waals surface area contributed by atoms with Crippen molar-refractivity contribution in [2.75, 3.05) is 19.6 Å². The summed E-state index contributed by atoms with van der Waals surface area (Å²) in [5, 5.41) is 0. The second kappa shape index (κ2) is 4.88. The molecule has 102 valence electrons. The van der Waals surface area contributed by atoms with E-state index in [9.17, 15) is 9.59 Å². The van der Waals surface area contributed by atoms with Crippen LogP contribution in [-0.2, 0) is 9.59 Å². The van der Waals surface area contributed by atoms with Gasteiger partial charge in [0.2, 0.25) is 11.8 Å². The minimum atomic E-state index is -0.320. The van der Waals surface area contributed by atoms with Gasteiger partial charge in [-0.15, -0.1) is 0 Å². The molecule has 18 heavy (non-hydrogen) atoms. The summed E-state index contributed by atoms with van der Waals surface area (Å²) in [4.78, 5) is 25.5. The Hall–Kier alpha value is -1.10. The van der Waals surface area contributed by atoms with Gasteiger partial charge in [-0.1, -0.05) is 6.92 Å². The van der Waals surface area contributed by atoms with E-state index in [4.69, 9.17) is 11.5 Å². The molecule has 1 heterocycles. The van der Waals surface area contributed by atoms with E-state index in [0.29, 0.717) is 38.4 Å². The average molecular weight is 253 g/mol. The maximum atomic E-state index is 12.5. The summed E-state index contributed by atoms with van der Waals surface area (Å²) >= 11 is 0. The molecule has 1 saturated heterocycles. The summed E-state index contributed by atoms with van der Waals surface area (Å²) in [5.74, 6) is 0.475. The maximum absolute atomic E-state index is 12.5. The summed E-state index contributed by atoms with van der Waals surface area (Å²) in [5.41, 5.74) is 10.8. The largest absolute Gasteiger partial charge is 0.369 e. The number of hydrogen-bond donors (Lipinski definition) is 2. The van der Waals surface area contributed by atoms with Gasteiger partial charge < -0.3 is 16.4 Å². The van der Waals surface area contributed by atoms with Gasteiger partial charge in [0, 0.05) is 25.6 Å². The molecule has 1 aliphatic heterocycles. The lowest BCUT2D eigenvalue weighted by molar-refractivity contribution is -0.151. The number of primary amides is 1. The summed E-state index contributed by atoms with van der Waals surface area (Å²) in [6.45, 7) is 3.87. The van der Waals surface area contributed by atoms with Gasteiger partial charge in [0.15, 0.2) is 0 Å². The number of hydrogen-bond acceptors (Lipinski definition) is 3. The Bertz CT molecular complexity index is 342. The van der Waals surface area contributed by atoms with Crippen LogP contribution < -0.4 is 11.5 Å². The van der Waals surface area contributed by atoms with E-state index in [2.05, 4.69) is 6.92 Å². The van der Waals surface area contributed by atoms with E-state index >= 15 is 0 Å². The van der Waals surface area contributed by atoms with E-state index < -0.39 is 0 Å². The predicted octanol–water partition coefficient (Wildman–Crippen LogP) is 0.0853. The van der Waals surface area contributed by atoms with Gasteiger partial charge in [-0.05, 0) is 31.6 Å². The van der Waals surface area contributed by atoms with Crippen LogP contribution in [0, 0.1) is 17.3 Å². The number of amides is 2. The minimum Gasteiger partial charge on any atom is -0.369 e. The second-order valence-electron chi connectivity index (χ2n) is 5.97. The summed E-state index contributed by atoms with van der Waals surface area (Å²) in [7, 11) is 0. The zero-order valence-electron chi connectivity index (χ0n) is 11.0. The van der Waals surface area contributed by atoms with Crippen LogP contribution in [0.15, 0.2) is 0 Å². The van der Waals surface area contributed by atoms with Crippen molar-refractivity contribution in [3.63, 3.8) is 0 Å². The van der Waals surface area contributed by atoms with E-state index in [1.54, 1.807) is 0 Å². The summed E-state index contributed by atoms with van der Waals surface area (Å²) < 4.78 is 0. The summed E-state index contributed by atoms with van der Waals surface area (Å²) in [6.07, 6.45) is 3.19. The zero-order valence-corrected chi connectivity index (χ0v) is 11.0. The molecule has 2 fully saturated rings. The van der Waals surface area contributed by atoms with Crippen molar-refractivity contribution in [3.8, 4) is 0 Å². The van der Waals surface area contributed by atoms with Crippen LogP contribution in [0.2, 0.25) is 0 Å². The molecule has 1 aliphatic carbocycles. The number of piperidine rings is 1. The van der Waals surface area contributed by atoms with Crippen molar-refractivity contribution in [3.05, 3.63) is 0 Å². The lowest BCUT2D eigenvalue weighted by Gasteiger charge is -2.47. The van der Waals surface area contributed by atoms with Crippen molar-refractivity contribution < 1.29 is 9.59 Å². The van der Waals surface area contributed by atoms with Crippen LogP contribution in [0.4, 0.5) is 0 Å². The van der Waals surface area contributed by atoms with Crippen molar-refractivity contribution in [1.29, 1.82) is 0 Å². The first kappa shape index (κ1) is 13.3. The fourth-order valence-electron chi connectivity index (χ4n) is 3.41. The molecule has 5 nitrogen and oxygen atoms in total. The maximum Gasteiger partial charge on any atom is 0.230 e. The Balaban J connectivity index is 1.93. The summed E-state index contributed by atoms with van der Waals surface area (Å²) in [6, 6.07) is 0. The molecule has 0 aromatic heterocycles. The highest BCUT2D eigenvalue weighted by molar-refractivity contribution is 5.84. The number of nitrogens with two attached hydrogens (primary N) is 2. The van der Waals surface area contributed by atoms with Gasteiger partial charge in [-0.2, -0.15) is 0 Å². The molecule has 1 saturated carbocycles. The molecule has 2 amide bonds. The van der Waals surface area contributed by atoms with Gasteiger partial charge in [0.1, 0.15) is 0 Å². The molecule has 0 unspecified atom stereocenters. The third kappa shape index (κ3) is 2.23. The first-order chi connectivity index (χ1) is 8.48. The van der Waals surface area contributed by atoms with E-state index in [1.807, 2.05) is 4.90 Å². The topological polar surface area (TPSA) is 89.4 Å². The van der Waals surface area contributed by atoms with Gasteiger partial charge >= 0.3 is 0 Å². The zero-order chi connectivity index (χ0) is 13.3. The Labute approximate surface area is 108 Å². The molecule has 0 aromatic rings. The Morgan fingerprint density at radius 2 is 1.83 bits per heavy atom. The highest BCUT2D eigenvalue weighted by Crippen LogP contribution is 2.46. The Morgan fingerprint density at radius 1 is 1.28 bits per heavy atom. The monoisotopic (exact) mass is 253 g/mol. The SMILES string of the molecule is CC1CC(CN)(C(=O)N2CCC(C(N)=O)CC2)C1. The van der Waals surface area contributed by atoms with Crippen LogP contribution in [0.25, 0.3) is 0 Å². The standard InChI is InChI=1S/C13H23N3O2/c1-9-6-13(7-9,8-14)12(18)16-4-2-10(3-5-16)11(15)17/h9-10H,2-8,14H2,1H3,(H2,15,17). The third-order valence-corrected chi connectivity index (χ3v) is 4.51. The van der Waals surface area contributed by atoms with Gasteiger partial charge in [-0.25, -0.2) is 0 Å². The molecule has 2 aliphatic rings. The first-order valence-corrected chi connectivity index (χ1v) is 6.77. The van der Waals surface area contributed by atoms with Crippen LogP contribution in [0.1, 0.15) is 32.6 Å². The molecule has 0 atom stereocenters. The lowest BCUT2D eigenvalue weighted by atomic mass is 9.61. The van der Waals surface area contributed by atoms with Crippen LogP contribution in [-0.4, -0.2) is 36.3 Å². The highest BCUT2D eigenvalue weighted by atomic mass is 16.2. The smallest absolute Gasteiger partial charge is 0.230 e. The van der Waals surface area contributed by atoms with Crippen LogP contribution in [0.3, 0.4) is 0 Å². The number of carbonyl (C=O) groups excluding carboxylic acids is 2. The van der Waals surface area contributed by atoms with Gasteiger partial charge in [0.25, 0.3) is 0 Å². The van der Waals surface area contributed by atoms with E-state index in [0.717, 1.165) is 12.8 Å². The molecular formula is C13H23N3O2. The molecule has 5 heteroatoms. The molecule has 0 aromatic carbocycles. The van der Waals surface area contributed by atoms with Crippen molar-refractivity contribution in [2.24, 2.45) is 28.7 Å². The molecule has 0 radical (unpaired) electrons. The third-order valence-electron chi connectivity index (χ3n) is 4.51. The predicted molar refractivity (Wildman–Crippen MR) is 68.4 cm³/mol. The number of nitrogens with zero attached hydrogens (tertiary/aromatic N) is 1. The highest BCUT2D eigenvalue weighted by Gasteiger charge is 2.49. The second-order valence-corrected chi connectivity index (χ2v) is 5.97. The minimum absolute atomic E-state index is 0.0665. The van der Waals surface area contributed by atoms with Crippen LogP contribution in [0.5, 0.6) is 0 Å². The number of rotatable bonds is 3. The molecular weight excluding hydrogens is 230 g/mol. The van der Waals surface area contributed by atoms with E-state index in [1.165, 1.54) is 0 Å². The lowest BCUT2D eigenvalue weighted by Crippen LogP contribution is -2.56. The van der Waals surface area contributed by atoms with Gasteiger partial charge in [0.05, 0.1) is 5.41 Å². The van der Waals surface area contributed by atoms with E-state index in [-0.39, 0.29) is 23.1 Å². The molecule has 0 bridgehead atoms. The van der Waals surface area contributed by atoms with Crippen LogP contribution >= 0.6 is 0 Å². The first-order valence-electron chi connectivity index (χ1n) is 6.77. The molecule has 2 rings (SSSR count). The number of carbonyl (C=O) groups is 2. The van der Waals surface area contributed by atoms with Gasteiger partial charge in [-0.3, -0.25) is 9.59 Å². The molecule has 4 N–H and O–H groups in total. The average Bonchev–Trinajstić information content (AvgIpc) is 2.34. The number of likely N-dealkylation sites (tertiary alicyclic amines) is 1. The fraction of sp³-hybridized carbons (Fsp3) is 0.846. The van der Waals surface area contributed by atoms with Crippen molar-refractivity contribution >= 4 is 11.8 Å². The van der Waals surface area contributed by atoms with Crippen molar-refractivity contribution in [2.45, 2.75) is 32.6 Å². The Morgan fingerprint density at radius 3 is 2.22 bits per heavy atom. The van der Waals surface area contributed by atoms with Crippen molar-refractivity contribution in [1.82, 2.24) is 4.90 Å². The normalized spacial score (nSPS) is 33.0. The Kier molecular flexibility index (Phi) is 3.61. The fourth-order valence-corrected chi connectivity index (χ4v) is 3.41. The quantitative estimate of drug-likeness (QED) is 0.746.